The second-order valence-electron chi connectivity index (χ2n) is 5.17. The van der Waals surface area contributed by atoms with Crippen molar-refractivity contribution in [3.05, 3.63) is 58.2 Å². The summed E-state index contributed by atoms with van der Waals surface area (Å²) in [5.41, 5.74) is 2.52. The molecule has 3 rings (SSSR count). The van der Waals surface area contributed by atoms with Gasteiger partial charge in [0.25, 0.3) is 5.91 Å². The molecule has 0 saturated heterocycles. The number of carbonyl (C=O) groups excluding carboxylic acids is 1. The van der Waals surface area contributed by atoms with E-state index < -0.39 is 0 Å². The number of rotatable bonds is 3. The molecule has 0 fully saturated rings. The number of aryl methyl sites for hydroxylation is 2. The number of halogens is 2. The quantitative estimate of drug-likeness (QED) is 0.770. The van der Waals surface area contributed by atoms with E-state index in [1.807, 2.05) is 0 Å². The molecule has 0 spiro atoms. The zero-order chi connectivity index (χ0) is 17.3. The van der Waals surface area contributed by atoms with Crippen molar-refractivity contribution in [2.75, 3.05) is 5.32 Å². The maximum Gasteiger partial charge on any atom is 0.260 e. The van der Waals surface area contributed by atoms with Gasteiger partial charge in [0.2, 0.25) is 0 Å². The van der Waals surface area contributed by atoms with Crippen LogP contribution in [0.3, 0.4) is 0 Å². The number of hydrogen-bond donors (Lipinski definition) is 1. The molecule has 0 atom stereocenters. The number of hydrogen-bond acceptors (Lipinski definition) is 4. The molecule has 6 nitrogen and oxygen atoms in total. The highest BCUT2D eigenvalue weighted by atomic mass is 35.5. The molecule has 1 amide bonds. The van der Waals surface area contributed by atoms with E-state index in [2.05, 4.69) is 20.4 Å². The predicted molar refractivity (Wildman–Crippen MR) is 93.4 cm³/mol. The Hall–Kier alpha value is -2.44. The number of nitrogens with zero attached hydrogens (tertiary/aromatic N) is 4. The van der Waals surface area contributed by atoms with Crippen LogP contribution >= 0.6 is 23.2 Å². The van der Waals surface area contributed by atoms with Gasteiger partial charge < -0.3 is 5.32 Å². The summed E-state index contributed by atoms with van der Waals surface area (Å²) in [7, 11) is 1.76. The molecular weight excluding hydrogens is 349 g/mol. The van der Waals surface area contributed by atoms with E-state index in [0.717, 1.165) is 5.56 Å². The molecule has 24 heavy (non-hydrogen) atoms. The molecule has 0 radical (unpaired) electrons. The van der Waals surface area contributed by atoms with Crippen molar-refractivity contribution in [3.8, 4) is 11.1 Å². The van der Waals surface area contributed by atoms with Crippen LogP contribution in [-0.2, 0) is 7.05 Å². The molecule has 8 heteroatoms. The van der Waals surface area contributed by atoms with Crippen molar-refractivity contribution >= 4 is 34.9 Å². The van der Waals surface area contributed by atoms with Crippen LogP contribution in [0.25, 0.3) is 11.1 Å². The fourth-order valence-corrected chi connectivity index (χ4v) is 2.60. The Morgan fingerprint density at radius 1 is 1.25 bits per heavy atom. The Morgan fingerprint density at radius 3 is 2.71 bits per heavy atom. The number of anilines is 1. The van der Waals surface area contributed by atoms with Crippen LogP contribution in [0.4, 0.5) is 5.82 Å². The number of carbonyl (C=O) groups is 1. The van der Waals surface area contributed by atoms with Gasteiger partial charge in [-0.05, 0) is 24.6 Å². The van der Waals surface area contributed by atoms with Gasteiger partial charge in [0.1, 0.15) is 12.1 Å². The Labute approximate surface area is 148 Å². The lowest BCUT2D eigenvalue weighted by Crippen LogP contribution is -2.14. The first-order chi connectivity index (χ1) is 11.5. The molecule has 2 heterocycles. The van der Waals surface area contributed by atoms with Crippen molar-refractivity contribution in [1.82, 2.24) is 19.7 Å². The lowest BCUT2D eigenvalue weighted by Gasteiger charge is -2.10. The van der Waals surface area contributed by atoms with Crippen molar-refractivity contribution in [2.45, 2.75) is 6.92 Å². The second-order valence-corrected chi connectivity index (χ2v) is 5.98. The first-order valence-corrected chi connectivity index (χ1v) is 7.78. The Balaban J connectivity index is 1.96. The van der Waals surface area contributed by atoms with Crippen LogP contribution in [0.1, 0.15) is 16.1 Å². The third-order valence-corrected chi connectivity index (χ3v) is 4.17. The zero-order valence-corrected chi connectivity index (χ0v) is 14.4. The minimum absolute atomic E-state index is 0.291. The summed E-state index contributed by atoms with van der Waals surface area (Å²) in [6.45, 7) is 1.77. The highest BCUT2D eigenvalue weighted by molar-refractivity contribution is 6.42. The summed E-state index contributed by atoms with van der Waals surface area (Å²) in [5, 5.41) is 7.83. The van der Waals surface area contributed by atoms with Gasteiger partial charge >= 0.3 is 0 Å². The van der Waals surface area contributed by atoms with E-state index in [4.69, 9.17) is 23.2 Å². The van der Waals surface area contributed by atoms with Gasteiger partial charge in [-0.1, -0.05) is 29.3 Å². The van der Waals surface area contributed by atoms with Gasteiger partial charge in [-0.2, -0.15) is 5.10 Å². The van der Waals surface area contributed by atoms with Crippen LogP contribution in [0.2, 0.25) is 10.0 Å². The Bertz CT molecular complexity index is 923. The van der Waals surface area contributed by atoms with Gasteiger partial charge in [0, 0.05) is 25.0 Å². The first kappa shape index (κ1) is 16.4. The monoisotopic (exact) mass is 361 g/mol. The van der Waals surface area contributed by atoms with Crippen molar-refractivity contribution in [2.24, 2.45) is 7.05 Å². The molecule has 0 unspecified atom stereocenters. The van der Waals surface area contributed by atoms with E-state index in [1.54, 1.807) is 49.2 Å². The molecule has 1 N–H and O–H groups in total. The van der Waals surface area contributed by atoms with Gasteiger partial charge in [0.15, 0.2) is 0 Å². The summed E-state index contributed by atoms with van der Waals surface area (Å²) >= 11 is 12.0. The normalized spacial score (nSPS) is 10.7. The van der Waals surface area contributed by atoms with E-state index in [-0.39, 0.29) is 5.91 Å². The average molecular weight is 362 g/mol. The SMILES string of the molecule is Cc1nn(C)cc1C(=O)Nc1ncncc1-c1ccc(Cl)c(Cl)c1. The molecule has 122 valence electrons. The standard InChI is InChI=1S/C16H13Cl2N5O/c1-9-12(7-23(2)22-9)16(24)21-15-11(6-19-8-20-15)10-3-4-13(17)14(18)5-10/h3-8H,1-2H3,(H,19,20,21,24). The second kappa shape index (κ2) is 6.59. The van der Waals surface area contributed by atoms with Crippen molar-refractivity contribution < 1.29 is 4.79 Å². The van der Waals surface area contributed by atoms with E-state index in [0.29, 0.717) is 32.7 Å². The molecule has 0 aliphatic heterocycles. The summed E-state index contributed by atoms with van der Waals surface area (Å²) in [4.78, 5) is 20.7. The van der Waals surface area contributed by atoms with Crippen LogP contribution < -0.4 is 5.32 Å². The summed E-state index contributed by atoms with van der Waals surface area (Å²) in [6.07, 6.45) is 4.63. The number of amides is 1. The fraction of sp³-hybridized carbons (Fsp3) is 0.125. The topological polar surface area (TPSA) is 72.7 Å². The largest absolute Gasteiger partial charge is 0.306 e. The van der Waals surface area contributed by atoms with Crippen molar-refractivity contribution in [3.63, 3.8) is 0 Å². The summed E-state index contributed by atoms with van der Waals surface area (Å²) in [5.74, 6) is 0.0947. The van der Waals surface area contributed by atoms with Gasteiger partial charge in [0.05, 0.1) is 21.3 Å². The van der Waals surface area contributed by atoms with E-state index >= 15 is 0 Å². The minimum atomic E-state index is -0.291. The third kappa shape index (κ3) is 3.25. The molecule has 3 aromatic rings. The molecule has 2 aromatic heterocycles. The van der Waals surface area contributed by atoms with Crippen LogP contribution in [0, 0.1) is 6.92 Å². The third-order valence-electron chi connectivity index (χ3n) is 3.43. The van der Waals surface area contributed by atoms with Crippen molar-refractivity contribution in [1.29, 1.82) is 0 Å². The number of aromatic nitrogens is 4. The molecular formula is C16H13Cl2N5O. The lowest BCUT2D eigenvalue weighted by atomic mass is 10.1. The maximum atomic E-state index is 12.5. The first-order valence-electron chi connectivity index (χ1n) is 7.02. The maximum absolute atomic E-state index is 12.5. The van der Waals surface area contributed by atoms with Gasteiger partial charge in [-0.25, -0.2) is 9.97 Å². The predicted octanol–water partition coefficient (Wildman–Crippen LogP) is 3.74. The Morgan fingerprint density at radius 2 is 2.04 bits per heavy atom. The molecule has 0 aliphatic rings. The molecule has 0 aliphatic carbocycles. The lowest BCUT2D eigenvalue weighted by molar-refractivity contribution is 0.102. The van der Waals surface area contributed by atoms with Crippen LogP contribution in [0.5, 0.6) is 0 Å². The zero-order valence-electron chi connectivity index (χ0n) is 12.9. The average Bonchev–Trinajstić information content (AvgIpc) is 2.89. The summed E-state index contributed by atoms with van der Waals surface area (Å²) < 4.78 is 1.59. The highest BCUT2D eigenvalue weighted by Crippen LogP contribution is 2.31. The van der Waals surface area contributed by atoms with Gasteiger partial charge in [-0.15, -0.1) is 0 Å². The Kier molecular flexibility index (Phi) is 4.51. The minimum Gasteiger partial charge on any atom is -0.306 e. The number of benzene rings is 1. The van der Waals surface area contributed by atoms with E-state index in [1.165, 1.54) is 6.33 Å². The molecule has 0 saturated carbocycles. The van der Waals surface area contributed by atoms with Crippen LogP contribution in [0.15, 0.2) is 36.9 Å². The van der Waals surface area contributed by atoms with E-state index in [9.17, 15) is 4.79 Å². The smallest absolute Gasteiger partial charge is 0.260 e. The van der Waals surface area contributed by atoms with Gasteiger partial charge in [-0.3, -0.25) is 9.48 Å². The highest BCUT2D eigenvalue weighted by Gasteiger charge is 2.16. The number of nitrogens with one attached hydrogen (secondary N) is 1. The molecule has 1 aromatic carbocycles. The fourth-order valence-electron chi connectivity index (χ4n) is 2.30. The van der Waals surface area contributed by atoms with Crippen LogP contribution in [-0.4, -0.2) is 25.7 Å². The summed E-state index contributed by atoms with van der Waals surface area (Å²) in [6, 6.07) is 5.18. The molecule has 0 bridgehead atoms.